The summed E-state index contributed by atoms with van der Waals surface area (Å²) < 4.78 is 95.5. The Morgan fingerprint density at radius 2 is 1.67 bits per heavy atom. The molecule has 1 amide bonds. The largest absolute Gasteiger partial charge is 0.489 e. The highest BCUT2D eigenvalue weighted by molar-refractivity contribution is 7.99. The van der Waals surface area contributed by atoms with Gasteiger partial charge in [-0.2, -0.15) is 26.3 Å². The quantitative estimate of drug-likeness (QED) is 0.234. The van der Waals surface area contributed by atoms with Crippen molar-refractivity contribution in [2.24, 2.45) is 0 Å². The van der Waals surface area contributed by atoms with Crippen LogP contribution in [0.25, 0.3) is 6.08 Å². The van der Waals surface area contributed by atoms with Crippen molar-refractivity contribution in [3.63, 3.8) is 0 Å². The highest BCUT2D eigenvalue weighted by atomic mass is 32.2. The van der Waals surface area contributed by atoms with Gasteiger partial charge >= 0.3 is 12.4 Å². The Bertz CT molecular complexity index is 1320. The van der Waals surface area contributed by atoms with E-state index in [0.717, 1.165) is 29.8 Å². The van der Waals surface area contributed by atoms with E-state index in [-0.39, 0.29) is 37.8 Å². The molecule has 0 bridgehead atoms. The Balaban J connectivity index is 1.65. The third-order valence-electron chi connectivity index (χ3n) is 5.68. The predicted molar refractivity (Wildman–Crippen MR) is 132 cm³/mol. The molecule has 0 saturated carbocycles. The van der Waals surface area contributed by atoms with Crippen molar-refractivity contribution in [1.82, 2.24) is 9.88 Å². The fourth-order valence-electron chi connectivity index (χ4n) is 3.86. The molecule has 0 N–H and O–H groups in total. The van der Waals surface area contributed by atoms with Crippen molar-refractivity contribution < 1.29 is 40.6 Å². The van der Waals surface area contributed by atoms with Crippen LogP contribution in [0.15, 0.2) is 76.8 Å². The van der Waals surface area contributed by atoms with E-state index in [0.29, 0.717) is 17.5 Å². The number of ether oxygens (including phenoxy) is 2. The number of hydrogen-bond acceptors (Lipinski definition) is 5. The van der Waals surface area contributed by atoms with E-state index < -0.39 is 39.8 Å². The van der Waals surface area contributed by atoms with Crippen molar-refractivity contribution in [3.8, 4) is 5.75 Å². The van der Waals surface area contributed by atoms with Gasteiger partial charge in [-0.15, -0.1) is 0 Å². The number of nitrogens with zero attached hydrogens (tertiary/aromatic N) is 2. The first-order valence-electron chi connectivity index (χ1n) is 11.7. The molecular weight excluding hydrogens is 546 g/mol. The molecule has 4 rings (SSSR count). The summed E-state index contributed by atoms with van der Waals surface area (Å²) >= 11 is 0.540. The van der Waals surface area contributed by atoms with Gasteiger partial charge in [0, 0.05) is 41.4 Å². The zero-order valence-corrected chi connectivity index (χ0v) is 21.1. The molecule has 12 heteroatoms. The third-order valence-corrected chi connectivity index (χ3v) is 6.73. The van der Waals surface area contributed by atoms with Crippen molar-refractivity contribution >= 4 is 23.7 Å². The standard InChI is InChI=1S/C27H22F6N2O3S/c28-26(29,30)24-19(5-7-23(36)35-12-14-37-15-13-35)4-6-22(25(24)27(31,32)33)39-21-3-1-2-20(16-21)38-17-18-8-10-34-11-9-18/h1-11,16H,12-15,17H2/b7-5+. The molecule has 0 atom stereocenters. The first-order valence-corrected chi connectivity index (χ1v) is 12.5. The maximum Gasteiger partial charge on any atom is 0.418 e. The number of carbonyl (C=O) groups is 1. The molecule has 1 aromatic heterocycles. The summed E-state index contributed by atoms with van der Waals surface area (Å²) in [6.45, 7) is 1.20. The molecule has 206 valence electrons. The zero-order chi connectivity index (χ0) is 28.0. The van der Waals surface area contributed by atoms with E-state index in [1.807, 2.05) is 0 Å². The smallest absolute Gasteiger partial charge is 0.418 e. The Morgan fingerprint density at radius 3 is 2.33 bits per heavy atom. The monoisotopic (exact) mass is 568 g/mol. The number of amides is 1. The number of hydrogen-bond donors (Lipinski definition) is 0. The Labute approximate surface area is 224 Å². The minimum atomic E-state index is -5.33. The molecule has 5 nitrogen and oxygen atoms in total. The van der Waals surface area contributed by atoms with Crippen molar-refractivity contribution in [2.75, 3.05) is 26.3 Å². The van der Waals surface area contributed by atoms with Gasteiger partial charge in [0.15, 0.2) is 0 Å². The summed E-state index contributed by atoms with van der Waals surface area (Å²) in [5.41, 5.74) is -3.61. The van der Waals surface area contributed by atoms with E-state index in [2.05, 4.69) is 4.98 Å². The molecule has 1 aliphatic heterocycles. The van der Waals surface area contributed by atoms with Gasteiger partial charge in [-0.05, 0) is 53.6 Å². The summed E-state index contributed by atoms with van der Waals surface area (Å²) in [5, 5.41) is 0. The lowest BCUT2D eigenvalue weighted by molar-refractivity contribution is -0.163. The molecule has 0 spiro atoms. The molecule has 0 unspecified atom stereocenters. The lowest BCUT2D eigenvalue weighted by atomic mass is 9.99. The lowest BCUT2D eigenvalue weighted by Gasteiger charge is -2.25. The molecule has 0 radical (unpaired) electrons. The molecule has 2 heterocycles. The zero-order valence-electron chi connectivity index (χ0n) is 20.3. The second-order valence-electron chi connectivity index (χ2n) is 8.39. The summed E-state index contributed by atoms with van der Waals surface area (Å²) in [5.74, 6) is -0.274. The van der Waals surface area contributed by atoms with E-state index in [9.17, 15) is 31.1 Å². The van der Waals surface area contributed by atoms with E-state index in [4.69, 9.17) is 9.47 Å². The maximum absolute atomic E-state index is 14.1. The first kappa shape index (κ1) is 28.5. The number of alkyl halides is 6. The lowest BCUT2D eigenvalue weighted by Crippen LogP contribution is -2.39. The second kappa shape index (κ2) is 12.1. The summed E-state index contributed by atoms with van der Waals surface area (Å²) in [7, 11) is 0. The van der Waals surface area contributed by atoms with Crippen LogP contribution in [0.4, 0.5) is 26.3 Å². The van der Waals surface area contributed by atoms with Gasteiger partial charge in [-0.1, -0.05) is 23.9 Å². The van der Waals surface area contributed by atoms with Gasteiger partial charge in [-0.25, -0.2) is 0 Å². The number of benzene rings is 2. The minimum absolute atomic E-state index is 0.173. The Hall–Kier alpha value is -3.51. The summed E-state index contributed by atoms with van der Waals surface area (Å²) in [4.78, 5) is 17.2. The van der Waals surface area contributed by atoms with Gasteiger partial charge in [0.1, 0.15) is 12.4 Å². The molecule has 1 saturated heterocycles. The number of aromatic nitrogens is 1. The van der Waals surface area contributed by atoms with Crippen molar-refractivity contribution in [2.45, 2.75) is 28.8 Å². The molecule has 1 aliphatic rings. The van der Waals surface area contributed by atoms with E-state index in [1.54, 1.807) is 30.6 Å². The highest BCUT2D eigenvalue weighted by Crippen LogP contribution is 2.48. The van der Waals surface area contributed by atoms with Crippen LogP contribution >= 0.6 is 11.8 Å². The average Bonchev–Trinajstić information content (AvgIpc) is 2.91. The predicted octanol–water partition coefficient (Wildman–Crippen LogP) is 6.72. The number of rotatable bonds is 7. The van der Waals surface area contributed by atoms with Crippen LogP contribution in [-0.4, -0.2) is 42.1 Å². The molecule has 39 heavy (non-hydrogen) atoms. The SMILES string of the molecule is O=C(/C=C/c1ccc(Sc2cccc(OCc3ccncc3)c2)c(C(F)(F)F)c1C(F)(F)F)N1CCOCC1. The number of pyridine rings is 1. The maximum atomic E-state index is 14.1. The van der Waals surface area contributed by atoms with Gasteiger partial charge in [0.2, 0.25) is 5.91 Å². The van der Waals surface area contributed by atoms with Crippen LogP contribution in [-0.2, 0) is 28.5 Å². The fourth-order valence-corrected chi connectivity index (χ4v) is 4.89. The van der Waals surface area contributed by atoms with Crippen LogP contribution in [0.3, 0.4) is 0 Å². The fraction of sp³-hybridized carbons (Fsp3) is 0.259. The molecular formula is C27H22F6N2O3S. The first-order chi connectivity index (χ1) is 18.5. The molecule has 3 aromatic rings. The van der Waals surface area contributed by atoms with Crippen molar-refractivity contribution in [1.29, 1.82) is 0 Å². The number of halogens is 6. The van der Waals surface area contributed by atoms with Gasteiger partial charge in [0.05, 0.1) is 24.3 Å². The van der Waals surface area contributed by atoms with Crippen LogP contribution in [0.2, 0.25) is 0 Å². The number of morpholine rings is 1. The van der Waals surface area contributed by atoms with E-state index >= 15 is 0 Å². The van der Waals surface area contributed by atoms with Gasteiger partial charge < -0.3 is 14.4 Å². The van der Waals surface area contributed by atoms with Gasteiger partial charge in [0.25, 0.3) is 0 Å². The average molecular weight is 569 g/mol. The molecule has 2 aromatic carbocycles. The second-order valence-corrected chi connectivity index (χ2v) is 9.51. The van der Waals surface area contributed by atoms with Gasteiger partial charge in [-0.3, -0.25) is 9.78 Å². The summed E-state index contributed by atoms with van der Waals surface area (Å²) in [6.07, 6.45) is -5.86. The van der Waals surface area contributed by atoms with E-state index in [1.165, 1.54) is 23.1 Å². The highest BCUT2D eigenvalue weighted by Gasteiger charge is 2.46. The van der Waals surface area contributed by atoms with Crippen LogP contribution in [0.5, 0.6) is 5.75 Å². The molecule has 0 aliphatic carbocycles. The van der Waals surface area contributed by atoms with Crippen LogP contribution < -0.4 is 4.74 Å². The third kappa shape index (κ3) is 7.54. The van der Waals surface area contributed by atoms with Crippen LogP contribution in [0.1, 0.15) is 22.3 Å². The Morgan fingerprint density at radius 1 is 0.974 bits per heavy atom. The normalized spacial score (nSPS) is 14.6. The number of carbonyl (C=O) groups excluding carboxylic acids is 1. The molecule has 1 fully saturated rings. The summed E-state index contributed by atoms with van der Waals surface area (Å²) in [6, 6.07) is 11.4. The Kier molecular flexibility index (Phi) is 8.86. The van der Waals surface area contributed by atoms with Crippen molar-refractivity contribution in [3.05, 3.63) is 89.3 Å². The minimum Gasteiger partial charge on any atom is -0.489 e. The topological polar surface area (TPSA) is 51.7 Å². The van der Waals surface area contributed by atoms with Crippen LogP contribution in [0, 0.1) is 0 Å².